The minimum atomic E-state index is -0.416. The number of imide groups is 1. The van der Waals surface area contributed by atoms with Crippen molar-refractivity contribution in [1.82, 2.24) is 10.4 Å². The Hall–Kier alpha value is -2.43. The monoisotopic (exact) mass is 322 g/mol. The lowest BCUT2D eigenvalue weighted by molar-refractivity contribution is -0.143. The van der Waals surface area contributed by atoms with Gasteiger partial charge in [-0.15, -0.1) is 0 Å². The van der Waals surface area contributed by atoms with Crippen molar-refractivity contribution in [2.75, 3.05) is 0 Å². The summed E-state index contributed by atoms with van der Waals surface area (Å²) in [4.78, 5) is 38.0. The maximum absolute atomic E-state index is 12.8. The van der Waals surface area contributed by atoms with Gasteiger partial charge in [0.2, 0.25) is 0 Å². The summed E-state index contributed by atoms with van der Waals surface area (Å²) in [7, 11) is 0. The van der Waals surface area contributed by atoms with Crippen molar-refractivity contribution in [3.05, 3.63) is 47.5 Å². The van der Waals surface area contributed by atoms with Crippen LogP contribution in [0.1, 0.15) is 22.3 Å². The molecule has 1 aromatic carbocycles. The quantitative estimate of drug-likeness (QED) is 0.666. The smallest absolute Gasteiger partial charge is 0.270 e. The highest BCUT2D eigenvalue weighted by Crippen LogP contribution is 2.65. The van der Waals surface area contributed by atoms with Gasteiger partial charge in [0.15, 0.2) is 0 Å². The molecule has 6 unspecified atom stereocenters. The number of hydrogen-bond donors (Lipinski definition) is 1. The summed E-state index contributed by atoms with van der Waals surface area (Å²) in [6.45, 7) is 1.94. The Labute approximate surface area is 139 Å². The Balaban J connectivity index is 1.40. The molecule has 2 saturated carbocycles. The summed E-state index contributed by atoms with van der Waals surface area (Å²) >= 11 is 0. The molecular formula is C19H18N2O3. The van der Waals surface area contributed by atoms with Crippen molar-refractivity contribution < 1.29 is 14.4 Å². The Bertz CT molecular complexity index is 761. The van der Waals surface area contributed by atoms with E-state index < -0.39 is 5.91 Å². The Morgan fingerprint density at radius 3 is 2.08 bits per heavy atom. The van der Waals surface area contributed by atoms with Crippen LogP contribution in [0.3, 0.4) is 0 Å². The number of amides is 3. The Morgan fingerprint density at radius 2 is 1.54 bits per heavy atom. The van der Waals surface area contributed by atoms with E-state index in [4.69, 9.17) is 0 Å². The molecule has 1 N–H and O–H groups in total. The van der Waals surface area contributed by atoms with Crippen LogP contribution < -0.4 is 5.43 Å². The van der Waals surface area contributed by atoms with E-state index in [1.807, 2.05) is 19.1 Å². The molecule has 0 aromatic heterocycles. The molecule has 6 rings (SSSR count). The molecule has 4 aliphatic carbocycles. The first-order valence-electron chi connectivity index (χ1n) is 8.50. The van der Waals surface area contributed by atoms with Crippen molar-refractivity contribution in [3.8, 4) is 0 Å². The lowest BCUT2D eigenvalue weighted by atomic mass is 9.63. The molecule has 122 valence electrons. The van der Waals surface area contributed by atoms with Crippen LogP contribution in [0, 0.1) is 42.4 Å². The van der Waals surface area contributed by atoms with Crippen LogP contribution in [0.15, 0.2) is 36.4 Å². The third-order valence-electron chi connectivity index (χ3n) is 6.19. The van der Waals surface area contributed by atoms with Crippen molar-refractivity contribution in [2.24, 2.45) is 35.5 Å². The van der Waals surface area contributed by atoms with E-state index in [0.717, 1.165) is 17.0 Å². The number of benzene rings is 1. The molecule has 24 heavy (non-hydrogen) atoms. The second kappa shape index (κ2) is 4.56. The summed E-state index contributed by atoms with van der Waals surface area (Å²) in [6.07, 6.45) is 5.37. The number of hydrogen-bond acceptors (Lipinski definition) is 3. The van der Waals surface area contributed by atoms with Gasteiger partial charge in [0.1, 0.15) is 0 Å². The zero-order valence-corrected chi connectivity index (χ0v) is 13.3. The first-order valence-corrected chi connectivity index (χ1v) is 8.50. The van der Waals surface area contributed by atoms with E-state index in [0.29, 0.717) is 17.4 Å². The van der Waals surface area contributed by atoms with Crippen LogP contribution in [0.25, 0.3) is 0 Å². The maximum atomic E-state index is 12.8. The lowest BCUT2D eigenvalue weighted by Gasteiger charge is -2.37. The SMILES string of the molecule is Cc1ccc(C(=O)NN2C(=O)C3C4C=CC(C5CC45)C3C2=O)cc1. The van der Waals surface area contributed by atoms with Crippen LogP contribution in [-0.2, 0) is 9.59 Å². The standard InChI is InChI=1S/C19H18N2O3/c1-9-2-4-10(5-3-9)17(22)20-21-18(23)15-11-6-7-12(14-8-13(11)14)16(15)19(21)24/h2-7,11-16H,8H2,1H3,(H,20,22). The molecule has 2 bridgehead atoms. The zero-order valence-electron chi connectivity index (χ0n) is 13.3. The topological polar surface area (TPSA) is 66.5 Å². The number of nitrogens with zero attached hydrogens (tertiary/aromatic N) is 1. The van der Waals surface area contributed by atoms with Gasteiger partial charge >= 0.3 is 0 Å². The van der Waals surface area contributed by atoms with E-state index >= 15 is 0 Å². The minimum Gasteiger partial charge on any atom is -0.272 e. The fourth-order valence-electron chi connectivity index (χ4n) is 4.94. The van der Waals surface area contributed by atoms with Gasteiger partial charge in [0.25, 0.3) is 17.7 Å². The van der Waals surface area contributed by atoms with Crippen LogP contribution in [-0.4, -0.2) is 22.7 Å². The molecule has 6 atom stereocenters. The van der Waals surface area contributed by atoms with E-state index in [-0.39, 0.29) is 35.5 Å². The van der Waals surface area contributed by atoms with Crippen LogP contribution >= 0.6 is 0 Å². The van der Waals surface area contributed by atoms with E-state index in [1.165, 1.54) is 0 Å². The van der Waals surface area contributed by atoms with Gasteiger partial charge in [0.05, 0.1) is 11.8 Å². The summed E-state index contributed by atoms with van der Waals surface area (Å²) in [5.74, 6) is -0.00257. The molecule has 5 nitrogen and oxygen atoms in total. The second-order valence-corrected chi connectivity index (χ2v) is 7.47. The summed E-state index contributed by atoms with van der Waals surface area (Å²) in [5.41, 5.74) is 4.03. The third-order valence-corrected chi connectivity index (χ3v) is 6.19. The Morgan fingerprint density at radius 1 is 1.00 bits per heavy atom. The fourth-order valence-corrected chi connectivity index (χ4v) is 4.94. The first-order chi connectivity index (χ1) is 11.6. The highest BCUT2D eigenvalue weighted by atomic mass is 16.2. The van der Waals surface area contributed by atoms with Crippen LogP contribution in [0.2, 0.25) is 0 Å². The fraction of sp³-hybridized carbons (Fsp3) is 0.421. The number of carbonyl (C=O) groups is 3. The van der Waals surface area contributed by atoms with Gasteiger partial charge in [-0.05, 0) is 49.1 Å². The number of aryl methyl sites for hydroxylation is 1. The van der Waals surface area contributed by atoms with Crippen molar-refractivity contribution in [2.45, 2.75) is 13.3 Å². The lowest BCUT2D eigenvalue weighted by Crippen LogP contribution is -2.46. The van der Waals surface area contributed by atoms with Crippen LogP contribution in [0.5, 0.6) is 0 Å². The number of rotatable bonds is 2. The van der Waals surface area contributed by atoms with Gasteiger partial charge in [-0.2, -0.15) is 5.01 Å². The molecule has 1 aliphatic heterocycles. The second-order valence-electron chi connectivity index (χ2n) is 7.47. The molecule has 1 saturated heterocycles. The van der Waals surface area contributed by atoms with Crippen molar-refractivity contribution in [3.63, 3.8) is 0 Å². The van der Waals surface area contributed by atoms with Crippen molar-refractivity contribution >= 4 is 17.7 Å². The molecular weight excluding hydrogens is 304 g/mol. The highest BCUT2D eigenvalue weighted by molar-refractivity contribution is 6.08. The molecule has 0 radical (unpaired) electrons. The maximum Gasteiger partial charge on any atom is 0.270 e. The van der Waals surface area contributed by atoms with Gasteiger partial charge in [0, 0.05) is 5.56 Å². The zero-order chi connectivity index (χ0) is 16.6. The average Bonchev–Trinajstić information content (AvgIpc) is 3.36. The van der Waals surface area contributed by atoms with Gasteiger partial charge in [-0.1, -0.05) is 29.8 Å². The number of carbonyl (C=O) groups excluding carboxylic acids is 3. The third kappa shape index (κ3) is 1.72. The number of nitrogens with one attached hydrogen (secondary N) is 1. The largest absolute Gasteiger partial charge is 0.272 e. The van der Waals surface area contributed by atoms with Gasteiger partial charge in [-0.25, -0.2) is 0 Å². The highest BCUT2D eigenvalue weighted by Gasteiger charge is 2.67. The average molecular weight is 322 g/mol. The predicted molar refractivity (Wildman–Crippen MR) is 85.2 cm³/mol. The van der Waals surface area contributed by atoms with E-state index in [2.05, 4.69) is 17.6 Å². The molecule has 5 heteroatoms. The molecule has 3 amide bonds. The molecule has 1 aromatic rings. The summed E-state index contributed by atoms with van der Waals surface area (Å²) in [5, 5.41) is 0.981. The number of hydrazine groups is 1. The first kappa shape index (κ1) is 14.0. The van der Waals surface area contributed by atoms with E-state index in [1.54, 1.807) is 12.1 Å². The van der Waals surface area contributed by atoms with Gasteiger partial charge in [-0.3, -0.25) is 19.8 Å². The summed E-state index contributed by atoms with van der Waals surface area (Å²) in [6, 6.07) is 7.06. The molecule has 0 spiro atoms. The summed E-state index contributed by atoms with van der Waals surface area (Å²) < 4.78 is 0. The van der Waals surface area contributed by atoms with Crippen LogP contribution in [0.4, 0.5) is 0 Å². The van der Waals surface area contributed by atoms with Gasteiger partial charge < -0.3 is 0 Å². The molecule has 3 fully saturated rings. The normalized spacial score (nSPS) is 38.1. The molecule has 5 aliphatic rings. The number of allylic oxidation sites excluding steroid dienone is 2. The minimum absolute atomic E-state index is 0.169. The van der Waals surface area contributed by atoms with Crippen molar-refractivity contribution in [1.29, 1.82) is 0 Å². The molecule has 1 heterocycles. The van der Waals surface area contributed by atoms with E-state index in [9.17, 15) is 14.4 Å². The Kier molecular flexibility index (Phi) is 2.65. The predicted octanol–water partition coefficient (Wildman–Crippen LogP) is 1.69.